The van der Waals surface area contributed by atoms with Crippen molar-refractivity contribution in [3.05, 3.63) is 35.4 Å². The molecule has 0 aliphatic heterocycles. The normalized spacial score (nSPS) is 24.4. The van der Waals surface area contributed by atoms with Crippen LogP contribution in [0.15, 0.2) is 29.4 Å². The summed E-state index contributed by atoms with van der Waals surface area (Å²) >= 11 is 0. The number of benzene rings is 1. The zero-order valence-corrected chi connectivity index (χ0v) is 12.2. The van der Waals surface area contributed by atoms with Gasteiger partial charge in [0.25, 0.3) is 0 Å². The predicted molar refractivity (Wildman–Crippen MR) is 81.8 cm³/mol. The molecule has 1 aromatic rings. The topological polar surface area (TPSA) is 70.6 Å². The Kier molecular flexibility index (Phi) is 5.41. The van der Waals surface area contributed by atoms with Gasteiger partial charge in [-0.1, -0.05) is 49.2 Å². The van der Waals surface area contributed by atoms with Crippen LogP contribution in [-0.4, -0.2) is 17.1 Å². The standard InChI is InChI=1S/C16H25N3O/c1-12-5-4-7-14(10-9-12)18-11-13-6-2-3-8-15(13)16(17)19-20/h2-3,6,8,12,14,18,20H,4-5,7,9-11H2,1H3,(H2,17,19). The molecule has 20 heavy (non-hydrogen) atoms. The Morgan fingerprint density at radius 2 is 2.10 bits per heavy atom. The van der Waals surface area contributed by atoms with Gasteiger partial charge < -0.3 is 16.3 Å². The molecule has 4 nitrogen and oxygen atoms in total. The molecule has 2 atom stereocenters. The van der Waals surface area contributed by atoms with Crippen LogP contribution in [0.5, 0.6) is 0 Å². The first-order valence-electron chi connectivity index (χ1n) is 7.50. The van der Waals surface area contributed by atoms with E-state index in [2.05, 4.69) is 17.4 Å². The van der Waals surface area contributed by atoms with Gasteiger partial charge in [-0.2, -0.15) is 0 Å². The second kappa shape index (κ2) is 7.29. The molecule has 4 N–H and O–H groups in total. The fourth-order valence-corrected chi connectivity index (χ4v) is 2.92. The van der Waals surface area contributed by atoms with Gasteiger partial charge >= 0.3 is 0 Å². The summed E-state index contributed by atoms with van der Waals surface area (Å²) in [4.78, 5) is 0. The maximum absolute atomic E-state index is 8.84. The highest BCUT2D eigenvalue weighted by Gasteiger charge is 2.16. The first-order chi connectivity index (χ1) is 9.70. The van der Waals surface area contributed by atoms with E-state index in [1.807, 2.05) is 24.3 Å². The van der Waals surface area contributed by atoms with Gasteiger partial charge in [-0.3, -0.25) is 0 Å². The lowest BCUT2D eigenvalue weighted by Gasteiger charge is -2.17. The van der Waals surface area contributed by atoms with Crippen LogP contribution in [0.4, 0.5) is 0 Å². The zero-order valence-electron chi connectivity index (χ0n) is 12.2. The first kappa shape index (κ1) is 14.9. The van der Waals surface area contributed by atoms with Gasteiger partial charge in [0, 0.05) is 18.2 Å². The number of hydrogen-bond donors (Lipinski definition) is 3. The van der Waals surface area contributed by atoms with Gasteiger partial charge in [-0.05, 0) is 30.7 Å². The molecule has 0 bridgehead atoms. The van der Waals surface area contributed by atoms with Gasteiger partial charge in [0.2, 0.25) is 0 Å². The molecule has 4 heteroatoms. The largest absolute Gasteiger partial charge is 0.409 e. The molecular weight excluding hydrogens is 250 g/mol. The summed E-state index contributed by atoms with van der Waals surface area (Å²) < 4.78 is 0. The Labute approximate surface area is 121 Å². The van der Waals surface area contributed by atoms with Gasteiger partial charge in [-0.15, -0.1) is 0 Å². The third kappa shape index (κ3) is 3.97. The Morgan fingerprint density at radius 1 is 1.30 bits per heavy atom. The molecular formula is C16H25N3O. The van der Waals surface area contributed by atoms with Crippen molar-refractivity contribution in [2.45, 2.75) is 51.6 Å². The van der Waals surface area contributed by atoms with E-state index in [0.717, 1.165) is 23.6 Å². The first-order valence-corrected chi connectivity index (χ1v) is 7.50. The molecule has 0 radical (unpaired) electrons. The Balaban J connectivity index is 1.97. The van der Waals surface area contributed by atoms with Crippen molar-refractivity contribution in [3.63, 3.8) is 0 Å². The van der Waals surface area contributed by atoms with Crippen LogP contribution in [0.2, 0.25) is 0 Å². The molecule has 0 saturated heterocycles. The minimum Gasteiger partial charge on any atom is -0.409 e. The summed E-state index contributed by atoms with van der Waals surface area (Å²) in [6, 6.07) is 8.39. The second-order valence-electron chi connectivity index (χ2n) is 5.83. The summed E-state index contributed by atoms with van der Waals surface area (Å²) in [6.07, 6.45) is 6.45. The van der Waals surface area contributed by atoms with Gasteiger partial charge in [0.1, 0.15) is 0 Å². The number of hydrogen-bond acceptors (Lipinski definition) is 3. The smallest absolute Gasteiger partial charge is 0.170 e. The Hall–Kier alpha value is -1.55. The summed E-state index contributed by atoms with van der Waals surface area (Å²) in [5.74, 6) is 1.03. The average Bonchev–Trinajstić information content (AvgIpc) is 2.69. The van der Waals surface area contributed by atoms with Crippen LogP contribution < -0.4 is 11.1 Å². The van der Waals surface area contributed by atoms with E-state index in [9.17, 15) is 0 Å². The average molecular weight is 275 g/mol. The summed E-state index contributed by atoms with van der Waals surface area (Å²) in [6.45, 7) is 3.11. The Bertz CT molecular complexity index is 459. The third-order valence-electron chi connectivity index (χ3n) is 4.24. The van der Waals surface area contributed by atoms with Crippen molar-refractivity contribution < 1.29 is 5.21 Å². The van der Waals surface area contributed by atoms with Crippen LogP contribution in [0.3, 0.4) is 0 Å². The fraction of sp³-hybridized carbons (Fsp3) is 0.562. The lowest BCUT2D eigenvalue weighted by molar-refractivity contribution is 0.318. The van der Waals surface area contributed by atoms with Crippen LogP contribution in [-0.2, 0) is 6.54 Å². The van der Waals surface area contributed by atoms with Crippen molar-refractivity contribution in [3.8, 4) is 0 Å². The zero-order chi connectivity index (χ0) is 14.4. The highest BCUT2D eigenvalue weighted by molar-refractivity contribution is 5.98. The van der Waals surface area contributed by atoms with Crippen LogP contribution in [0.1, 0.15) is 50.2 Å². The molecule has 2 unspecified atom stereocenters. The highest BCUT2D eigenvalue weighted by atomic mass is 16.4. The number of nitrogens with one attached hydrogen (secondary N) is 1. The van der Waals surface area contributed by atoms with Crippen molar-refractivity contribution in [2.75, 3.05) is 0 Å². The molecule has 1 aliphatic carbocycles. The van der Waals surface area contributed by atoms with Gasteiger partial charge in [0.15, 0.2) is 5.84 Å². The van der Waals surface area contributed by atoms with E-state index < -0.39 is 0 Å². The van der Waals surface area contributed by atoms with Crippen molar-refractivity contribution in [2.24, 2.45) is 16.8 Å². The molecule has 1 saturated carbocycles. The van der Waals surface area contributed by atoms with E-state index in [0.29, 0.717) is 6.04 Å². The molecule has 0 amide bonds. The monoisotopic (exact) mass is 275 g/mol. The molecule has 1 fully saturated rings. The Morgan fingerprint density at radius 3 is 2.90 bits per heavy atom. The van der Waals surface area contributed by atoms with Crippen molar-refractivity contribution >= 4 is 5.84 Å². The number of nitrogens with zero attached hydrogens (tertiary/aromatic N) is 1. The predicted octanol–water partition coefficient (Wildman–Crippen LogP) is 2.84. The number of rotatable bonds is 4. The van der Waals surface area contributed by atoms with E-state index in [-0.39, 0.29) is 5.84 Å². The molecule has 110 valence electrons. The van der Waals surface area contributed by atoms with Crippen LogP contribution >= 0.6 is 0 Å². The minimum absolute atomic E-state index is 0.178. The summed E-state index contributed by atoms with van der Waals surface area (Å²) in [5.41, 5.74) is 7.61. The number of amidine groups is 1. The fourth-order valence-electron chi connectivity index (χ4n) is 2.92. The van der Waals surface area contributed by atoms with E-state index in [1.54, 1.807) is 0 Å². The van der Waals surface area contributed by atoms with Crippen LogP contribution in [0.25, 0.3) is 0 Å². The SMILES string of the molecule is CC1CCCC(NCc2ccccc2/C(N)=N/O)CC1. The quantitative estimate of drug-likeness (QED) is 0.260. The van der Waals surface area contributed by atoms with E-state index in [4.69, 9.17) is 10.9 Å². The van der Waals surface area contributed by atoms with Crippen LogP contribution in [0, 0.1) is 5.92 Å². The van der Waals surface area contributed by atoms with Crippen molar-refractivity contribution in [1.29, 1.82) is 0 Å². The lowest BCUT2D eigenvalue weighted by Crippen LogP contribution is -2.29. The number of nitrogens with two attached hydrogens (primary N) is 1. The van der Waals surface area contributed by atoms with Gasteiger partial charge in [-0.25, -0.2) is 0 Å². The number of oxime groups is 1. The lowest BCUT2D eigenvalue weighted by atomic mass is 10.0. The maximum Gasteiger partial charge on any atom is 0.170 e. The second-order valence-corrected chi connectivity index (χ2v) is 5.83. The summed E-state index contributed by atoms with van der Waals surface area (Å²) in [7, 11) is 0. The molecule has 0 heterocycles. The van der Waals surface area contributed by atoms with Gasteiger partial charge in [0.05, 0.1) is 0 Å². The van der Waals surface area contributed by atoms with E-state index in [1.165, 1.54) is 32.1 Å². The van der Waals surface area contributed by atoms with Crippen molar-refractivity contribution in [1.82, 2.24) is 5.32 Å². The molecule has 1 aliphatic rings. The highest BCUT2D eigenvalue weighted by Crippen LogP contribution is 2.23. The molecule has 0 aromatic heterocycles. The third-order valence-corrected chi connectivity index (χ3v) is 4.24. The molecule has 2 rings (SSSR count). The van der Waals surface area contributed by atoms with E-state index >= 15 is 0 Å². The molecule has 1 aromatic carbocycles. The maximum atomic E-state index is 8.84. The minimum atomic E-state index is 0.178. The summed E-state index contributed by atoms with van der Waals surface area (Å²) in [5, 5.41) is 15.6. The molecule has 0 spiro atoms.